The van der Waals surface area contributed by atoms with Gasteiger partial charge in [0.1, 0.15) is 12.9 Å². The van der Waals surface area contributed by atoms with Crippen LogP contribution in [0.25, 0.3) is 0 Å². The Hall–Kier alpha value is -2.03. The topological polar surface area (TPSA) is 85.8 Å². The molecule has 1 rings (SSSR count). The first-order valence-corrected chi connectivity index (χ1v) is 4.07. The van der Waals surface area contributed by atoms with E-state index in [1.54, 1.807) is 0 Å². The van der Waals surface area contributed by atoms with Crippen molar-refractivity contribution in [1.29, 1.82) is 0 Å². The van der Waals surface area contributed by atoms with Crippen molar-refractivity contribution in [3.05, 3.63) is 6.33 Å². The molecule has 0 unspecified atom stereocenters. The molecule has 1 heterocycles. The van der Waals surface area contributed by atoms with Crippen molar-refractivity contribution in [3.8, 4) is 12.3 Å². The first-order chi connectivity index (χ1) is 6.72. The maximum Gasteiger partial charge on any atom is 0.241 e. The van der Waals surface area contributed by atoms with Gasteiger partial charge in [0.05, 0.1) is 0 Å². The summed E-state index contributed by atoms with van der Waals surface area (Å²) in [6, 6.07) is 0. The minimum Gasteiger partial charge on any atom is -0.367 e. The third-order valence-electron chi connectivity index (χ3n) is 1.45. The molecule has 6 nitrogen and oxygen atoms in total. The van der Waals surface area contributed by atoms with Crippen LogP contribution in [0.1, 0.15) is 6.42 Å². The van der Waals surface area contributed by atoms with E-state index in [1.807, 2.05) is 0 Å². The molecule has 74 valence electrons. The molecule has 14 heavy (non-hydrogen) atoms. The number of nitrogens with two attached hydrogens (primary N) is 1. The van der Waals surface area contributed by atoms with Gasteiger partial charge in [-0.2, -0.15) is 0 Å². The quantitative estimate of drug-likeness (QED) is 0.474. The fourth-order valence-corrected chi connectivity index (χ4v) is 0.862. The van der Waals surface area contributed by atoms with Crippen molar-refractivity contribution >= 4 is 11.9 Å². The van der Waals surface area contributed by atoms with E-state index in [4.69, 9.17) is 12.2 Å². The normalized spacial score (nSPS) is 9.36. The predicted octanol–water partition coefficient (Wildman–Crippen LogP) is -1.00. The molecular weight excluding hydrogens is 182 g/mol. The second-order valence-corrected chi connectivity index (χ2v) is 2.60. The van der Waals surface area contributed by atoms with E-state index in [9.17, 15) is 4.79 Å². The van der Waals surface area contributed by atoms with Gasteiger partial charge in [-0.1, -0.05) is 0 Å². The maximum atomic E-state index is 11.2. The summed E-state index contributed by atoms with van der Waals surface area (Å²) in [5, 5.41) is 6.39. The number of nitrogens with zero attached hydrogens (tertiary/aromatic N) is 3. The molecule has 6 heteroatoms. The van der Waals surface area contributed by atoms with Gasteiger partial charge < -0.3 is 11.1 Å². The average molecular weight is 193 g/mol. The minimum absolute atomic E-state index is 0.106. The van der Waals surface area contributed by atoms with Gasteiger partial charge in [-0.15, -0.1) is 17.4 Å². The van der Waals surface area contributed by atoms with Crippen LogP contribution in [0.2, 0.25) is 0 Å². The molecule has 0 fully saturated rings. The molecule has 1 aromatic heterocycles. The number of hydrogen-bond acceptors (Lipinski definition) is 4. The molecule has 1 aromatic rings. The number of nitrogens with one attached hydrogen (secondary N) is 1. The minimum atomic E-state index is -0.162. The molecule has 0 saturated carbocycles. The summed E-state index contributed by atoms with van der Waals surface area (Å²) in [5.74, 6) is 2.41. The largest absolute Gasteiger partial charge is 0.367 e. The van der Waals surface area contributed by atoms with Crippen molar-refractivity contribution in [2.45, 2.75) is 13.0 Å². The predicted molar refractivity (Wildman–Crippen MR) is 50.9 cm³/mol. The Labute approximate surface area is 81.5 Å². The third-order valence-corrected chi connectivity index (χ3v) is 1.45. The number of terminal acetylenes is 1. The average Bonchev–Trinajstić information content (AvgIpc) is 2.52. The van der Waals surface area contributed by atoms with E-state index in [2.05, 4.69) is 21.3 Å². The van der Waals surface area contributed by atoms with E-state index < -0.39 is 0 Å². The Kier molecular flexibility index (Phi) is 3.49. The van der Waals surface area contributed by atoms with Gasteiger partial charge in [0, 0.05) is 13.0 Å². The molecule has 0 aliphatic rings. The molecule has 0 radical (unpaired) electrons. The molecule has 0 aromatic carbocycles. The molecular formula is C8H11N5O. The number of carbonyl (C=O) groups excluding carboxylic acids is 1. The number of aromatic nitrogens is 3. The standard InChI is InChI=1S/C8H11N5O/c1-2-3-4-10-7(14)5-13-6-11-8(9)12-13/h1,6H,3-5H2,(H2,9,12)(H,10,14). The molecule has 0 aliphatic heterocycles. The summed E-state index contributed by atoms with van der Waals surface area (Å²) in [7, 11) is 0. The fourth-order valence-electron chi connectivity index (χ4n) is 0.862. The lowest BCUT2D eigenvalue weighted by Crippen LogP contribution is -2.28. The molecule has 0 bridgehead atoms. The van der Waals surface area contributed by atoms with Gasteiger partial charge in [0.25, 0.3) is 0 Å². The van der Waals surface area contributed by atoms with Crippen LogP contribution in [0.5, 0.6) is 0 Å². The molecule has 0 atom stereocenters. The fraction of sp³-hybridized carbons (Fsp3) is 0.375. The first kappa shape index (κ1) is 10.1. The van der Waals surface area contributed by atoms with Crippen LogP contribution in [-0.2, 0) is 11.3 Å². The zero-order valence-corrected chi connectivity index (χ0v) is 7.60. The van der Waals surface area contributed by atoms with E-state index in [0.29, 0.717) is 13.0 Å². The van der Waals surface area contributed by atoms with E-state index in [0.717, 1.165) is 0 Å². The Morgan fingerprint density at radius 2 is 2.57 bits per heavy atom. The van der Waals surface area contributed by atoms with E-state index in [1.165, 1.54) is 11.0 Å². The van der Waals surface area contributed by atoms with Crippen LogP contribution in [-0.4, -0.2) is 27.2 Å². The highest BCUT2D eigenvalue weighted by Gasteiger charge is 2.02. The zero-order valence-electron chi connectivity index (χ0n) is 7.60. The summed E-state index contributed by atoms with van der Waals surface area (Å²) in [4.78, 5) is 14.9. The number of rotatable bonds is 4. The second kappa shape index (κ2) is 4.87. The van der Waals surface area contributed by atoms with Gasteiger partial charge >= 0.3 is 0 Å². The first-order valence-electron chi connectivity index (χ1n) is 4.07. The number of amides is 1. The lowest BCUT2D eigenvalue weighted by molar-refractivity contribution is -0.121. The maximum absolute atomic E-state index is 11.2. The molecule has 3 N–H and O–H groups in total. The highest BCUT2D eigenvalue weighted by Crippen LogP contribution is 1.88. The van der Waals surface area contributed by atoms with Gasteiger partial charge in [0.15, 0.2) is 0 Å². The number of carbonyl (C=O) groups is 1. The Morgan fingerprint density at radius 3 is 3.14 bits per heavy atom. The van der Waals surface area contributed by atoms with Crippen LogP contribution in [0.3, 0.4) is 0 Å². The van der Waals surface area contributed by atoms with Gasteiger partial charge in [-0.3, -0.25) is 4.79 Å². The summed E-state index contributed by atoms with van der Waals surface area (Å²) < 4.78 is 1.36. The molecule has 0 aliphatic carbocycles. The van der Waals surface area contributed by atoms with Crippen LogP contribution in [0.15, 0.2) is 6.33 Å². The smallest absolute Gasteiger partial charge is 0.241 e. The lowest BCUT2D eigenvalue weighted by atomic mass is 10.4. The van der Waals surface area contributed by atoms with Gasteiger partial charge in [-0.25, -0.2) is 9.67 Å². The highest BCUT2D eigenvalue weighted by molar-refractivity contribution is 5.75. The van der Waals surface area contributed by atoms with Crippen molar-refractivity contribution < 1.29 is 4.79 Å². The monoisotopic (exact) mass is 193 g/mol. The molecule has 0 spiro atoms. The van der Waals surface area contributed by atoms with Crippen LogP contribution in [0, 0.1) is 12.3 Å². The Morgan fingerprint density at radius 1 is 1.79 bits per heavy atom. The van der Waals surface area contributed by atoms with Crippen molar-refractivity contribution in [2.24, 2.45) is 0 Å². The number of hydrogen-bond donors (Lipinski definition) is 2. The number of anilines is 1. The zero-order chi connectivity index (χ0) is 10.4. The van der Waals surface area contributed by atoms with E-state index >= 15 is 0 Å². The van der Waals surface area contributed by atoms with Crippen molar-refractivity contribution in [2.75, 3.05) is 12.3 Å². The Balaban J connectivity index is 2.31. The van der Waals surface area contributed by atoms with Gasteiger partial charge in [-0.05, 0) is 0 Å². The van der Waals surface area contributed by atoms with Crippen LogP contribution in [0.4, 0.5) is 5.95 Å². The van der Waals surface area contributed by atoms with Crippen LogP contribution < -0.4 is 11.1 Å². The summed E-state index contributed by atoms with van der Waals surface area (Å²) in [5.41, 5.74) is 5.27. The van der Waals surface area contributed by atoms with Crippen molar-refractivity contribution in [3.63, 3.8) is 0 Å². The van der Waals surface area contributed by atoms with Crippen LogP contribution >= 0.6 is 0 Å². The molecule has 1 amide bonds. The lowest BCUT2D eigenvalue weighted by Gasteiger charge is -2.01. The van der Waals surface area contributed by atoms with Crippen molar-refractivity contribution in [1.82, 2.24) is 20.1 Å². The number of nitrogen functional groups attached to an aromatic ring is 1. The van der Waals surface area contributed by atoms with E-state index in [-0.39, 0.29) is 18.4 Å². The second-order valence-electron chi connectivity index (χ2n) is 2.60. The Bertz CT molecular complexity index is 351. The summed E-state index contributed by atoms with van der Waals surface area (Å²) in [6.45, 7) is 0.578. The van der Waals surface area contributed by atoms with Gasteiger partial charge in [0.2, 0.25) is 11.9 Å². The molecule has 0 saturated heterocycles. The summed E-state index contributed by atoms with van der Waals surface area (Å²) in [6.07, 6.45) is 6.94. The SMILES string of the molecule is C#CCCNC(=O)Cn1cnc(N)n1. The highest BCUT2D eigenvalue weighted by atomic mass is 16.2. The summed E-state index contributed by atoms with van der Waals surface area (Å²) >= 11 is 0. The third kappa shape index (κ3) is 3.15.